The Morgan fingerprint density at radius 3 is 2.39 bits per heavy atom. The number of hydrogen-bond donors (Lipinski definition) is 1. The van der Waals surface area contributed by atoms with Crippen molar-refractivity contribution in [3.8, 4) is 0 Å². The summed E-state index contributed by atoms with van der Waals surface area (Å²) in [4.78, 5) is 11.9. The molecular formula is C13H17F2NO2. The standard InChI is InChI=1S/C13H17F2NO2/c1-3-18-12(17)13(2,7-8-16)11-9(14)5-4-6-10(11)15/h4-6H,3,7-8,16H2,1-2H3. The van der Waals surface area contributed by atoms with Crippen molar-refractivity contribution in [2.45, 2.75) is 25.7 Å². The first kappa shape index (κ1) is 14.6. The molecule has 18 heavy (non-hydrogen) atoms. The van der Waals surface area contributed by atoms with Crippen LogP contribution in [0.5, 0.6) is 0 Å². The van der Waals surface area contributed by atoms with Crippen LogP contribution in [0.1, 0.15) is 25.8 Å². The van der Waals surface area contributed by atoms with Gasteiger partial charge in [0.1, 0.15) is 11.6 Å². The van der Waals surface area contributed by atoms with Gasteiger partial charge in [0.15, 0.2) is 0 Å². The van der Waals surface area contributed by atoms with E-state index in [1.54, 1.807) is 6.92 Å². The predicted molar refractivity (Wildman–Crippen MR) is 64.0 cm³/mol. The van der Waals surface area contributed by atoms with Gasteiger partial charge in [0.25, 0.3) is 0 Å². The van der Waals surface area contributed by atoms with Crippen molar-refractivity contribution in [1.29, 1.82) is 0 Å². The van der Waals surface area contributed by atoms with Crippen molar-refractivity contribution < 1.29 is 18.3 Å². The average molecular weight is 257 g/mol. The fourth-order valence-corrected chi connectivity index (χ4v) is 1.93. The molecule has 3 nitrogen and oxygen atoms in total. The second-order valence-corrected chi connectivity index (χ2v) is 4.19. The maximum atomic E-state index is 13.8. The Morgan fingerprint density at radius 1 is 1.39 bits per heavy atom. The van der Waals surface area contributed by atoms with E-state index in [1.807, 2.05) is 0 Å². The van der Waals surface area contributed by atoms with Crippen LogP contribution in [0.4, 0.5) is 8.78 Å². The molecule has 5 heteroatoms. The van der Waals surface area contributed by atoms with Crippen molar-refractivity contribution in [3.63, 3.8) is 0 Å². The molecule has 0 amide bonds. The van der Waals surface area contributed by atoms with Gasteiger partial charge in [-0.3, -0.25) is 4.79 Å². The summed E-state index contributed by atoms with van der Waals surface area (Å²) < 4.78 is 32.5. The van der Waals surface area contributed by atoms with E-state index in [0.29, 0.717) is 0 Å². The summed E-state index contributed by atoms with van der Waals surface area (Å²) in [5, 5.41) is 0. The highest BCUT2D eigenvalue weighted by Crippen LogP contribution is 2.33. The van der Waals surface area contributed by atoms with E-state index in [2.05, 4.69) is 0 Å². The van der Waals surface area contributed by atoms with E-state index in [4.69, 9.17) is 10.5 Å². The second kappa shape index (κ2) is 5.91. The lowest BCUT2D eigenvalue weighted by Gasteiger charge is -2.27. The van der Waals surface area contributed by atoms with Crippen LogP contribution in [0.25, 0.3) is 0 Å². The Labute approximate surface area is 105 Å². The van der Waals surface area contributed by atoms with E-state index in [9.17, 15) is 13.6 Å². The first-order chi connectivity index (χ1) is 8.47. The maximum absolute atomic E-state index is 13.8. The molecule has 0 bridgehead atoms. The number of halogens is 2. The summed E-state index contributed by atoms with van der Waals surface area (Å²) in [7, 11) is 0. The number of esters is 1. The molecule has 1 aromatic rings. The summed E-state index contributed by atoms with van der Waals surface area (Å²) in [6, 6.07) is 3.49. The molecule has 100 valence electrons. The molecule has 0 aliphatic carbocycles. The highest BCUT2D eigenvalue weighted by molar-refractivity contribution is 5.83. The molecule has 0 aliphatic rings. The lowest BCUT2D eigenvalue weighted by Crippen LogP contribution is -2.38. The minimum absolute atomic E-state index is 0.115. The average Bonchev–Trinajstić information content (AvgIpc) is 2.29. The molecule has 0 saturated heterocycles. The number of ether oxygens (including phenoxy) is 1. The van der Waals surface area contributed by atoms with Gasteiger partial charge in [-0.15, -0.1) is 0 Å². The van der Waals surface area contributed by atoms with Gasteiger partial charge in [0.2, 0.25) is 0 Å². The smallest absolute Gasteiger partial charge is 0.316 e. The molecule has 0 aliphatic heterocycles. The Hall–Kier alpha value is -1.49. The Bertz CT molecular complexity index is 417. The van der Waals surface area contributed by atoms with Crippen LogP contribution >= 0.6 is 0 Å². The zero-order valence-electron chi connectivity index (χ0n) is 10.5. The van der Waals surface area contributed by atoms with Gasteiger partial charge in [0.05, 0.1) is 12.0 Å². The zero-order chi connectivity index (χ0) is 13.8. The number of carbonyl (C=O) groups excluding carboxylic acids is 1. The van der Waals surface area contributed by atoms with Crippen LogP contribution in [-0.4, -0.2) is 19.1 Å². The van der Waals surface area contributed by atoms with Crippen molar-refractivity contribution >= 4 is 5.97 Å². The van der Waals surface area contributed by atoms with Crippen LogP contribution in [0.2, 0.25) is 0 Å². The largest absolute Gasteiger partial charge is 0.465 e. The van der Waals surface area contributed by atoms with E-state index in [-0.39, 0.29) is 25.1 Å². The van der Waals surface area contributed by atoms with Crippen molar-refractivity contribution in [3.05, 3.63) is 35.4 Å². The topological polar surface area (TPSA) is 52.3 Å². The highest BCUT2D eigenvalue weighted by Gasteiger charge is 2.40. The molecule has 2 N–H and O–H groups in total. The summed E-state index contributed by atoms with van der Waals surface area (Å²) in [5.41, 5.74) is 3.75. The SMILES string of the molecule is CCOC(=O)C(C)(CCN)c1c(F)cccc1F. The van der Waals surface area contributed by atoms with Crippen LogP contribution < -0.4 is 5.73 Å². The van der Waals surface area contributed by atoms with Gasteiger partial charge in [-0.1, -0.05) is 6.07 Å². The summed E-state index contributed by atoms with van der Waals surface area (Å²) in [5.74, 6) is -2.20. The molecular weight excluding hydrogens is 240 g/mol. The summed E-state index contributed by atoms with van der Waals surface area (Å²) in [6.07, 6.45) is 0.115. The van der Waals surface area contributed by atoms with E-state index in [1.165, 1.54) is 13.0 Å². The fraction of sp³-hybridized carbons (Fsp3) is 0.462. The van der Waals surface area contributed by atoms with E-state index < -0.39 is 23.0 Å². The van der Waals surface area contributed by atoms with Gasteiger partial charge < -0.3 is 10.5 Å². The van der Waals surface area contributed by atoms with Crippen molar-refractivity contribution in [1.82, 2.24) is 0 Å². The second-order valence-electron chi connectivity index (χ2n) is 4.19. The molecule has 1 atom stereocenters. The molecule has 0 fully saturated rings. The maximum Gasteiger partial charge on any atom is 0.316 e. The predicted octanol–water partition coefficient (Wildman–Crippen LogP) is 2.13. The van der Waals surface area contributed by atoms with Gasteiger partial charge in [-0.05, 0) is 38.9 Å². The zero-order valence-corrected chi connectivity index (χ0v) is 10.5. The summed E-state index contributed by atoms with van der Waals surface area (Å²) in [6.45, 7) is 3.36. The number of hydrogen-bond acceptors (Lipinski definition) is 3. The number of rotatable bonds is 5. The highest BCUT2D eigenvalue weighted by atomic mass is 19.1. The first-order valence-electron chi connectivity index (χ1n) is 5.79. The van der Waals surface area contributed by atoms with Gasteiger partial charge in [0, 0.05) is 5.56 Å². The van der Waals surface area contributed by atoms with Gasteiger partial charge >= 0.3 is 5.97 Å². The molecule has 0 heterocycles. The molecule has 1 aromatic carbocycles. The monoisotopic (exact) mass is 257 g/mol. The molecule has 1 rings (SSSR count). The number of nitrogens with two attached hydrogens (primary N) is 1. The van der Waals surface area contributed by atoms with Crippen LogP contribution in [0.15, 0.2) is 18.2 Å². The molecule has 0 aromatic heterocycles. The molecule has 0 saturated carbocycles. The van der Waals surface area contributed by atoms with Crippen LogP contribution in [-0.2, 0) is 14.9 Å². The quantitative estimate of drug-likeness (QED) is 0.822. The molecule has 1 unspecified atom stereocenters. The Kier molecular flexibility index (Phi) is 4.78. The third kappa shape index (κ3) is 2.67. The number of benzene rings is 1. The Morgan fingerprint density at radius 2 is 1.94 bits per heavy atom. The van der Waals surface area contributed by atoms with Gasteiger partial charge in [-0.25, -0.2) is 8.78 Å². The van der Waals surface area contributed by atoms with Crippen molar-refractivity contribution in [2.24, 2.45) is 5.73 Å². The number of carbonyl (C=O) groups is 1. The van der Waals surface area contributed by atoms with Gasteiger partial charge in [-0.2, -0.15) is 0 Å². The van der Waals surface area contributed by atoms with E-state index in [0.717, 1.165) is 12.1 Å². The lowest BCUT2D eigenvalue weighted by molar-refractivity contribution is -0.150. The molecule has 0 spiro atoms. The Balaban J connectivity index is 3.31. The fourth-order valence-electron chi connectivity index (χ4n) is 1.93. The van der Waals surface area contributed by atoms with Crippen LogP contribution in [0.3, 0.4) is 0 Å². The first-order valence-corrected chi connectivity index (χ1v) is 5.79. The minimum atomic E-state index is -1.40. The molecule has 0 radical (unpaired) electrons. The minimum Gasteiger partial charge on any atom is -0.465 e. The third-order valence-corrected chi connectivity index (χ3v) is 2.88. The van der Waals surface area contributed by atoms with Crippen molar-refractivity contribution in [2.75, 3.05) is 13.2 Å². The third-order valence-electron chi connectivity index (χ3n) is 2.88. The van der Waals surface area contributed by atoms with E-state index >= 15 is 0 Å². The normalized spacial score (nSPS) is 14.1. The summed E-state index contributed by atoms with van der Waals surface area (Å²) >= 11 is 0. The lowest BCUT2D eigenvalue weighted by atomic mass is 9.79. The van der Waals surface area contributed by atoms with Crippen LogP contribution in [0, 0.1) is 11.6 Å².